The minimum Gasteiger partial charge on any atom is -0.495 e. The number of benzene rings is 2. The summed E-state index contributed by atoms with van der Waals surface area (Å²) < 4.78 is 5.33. The van der Waals surface area contributed by atoms with Crippen LogP contribution in [0.5, 0.6) is 5.75 Å². The standard InChI is InChI=1S/C20H20Cl2N4O3S/c1-29-17-5-3-2-4-15(17)25-20(30)26-7-6-23-19(28)16(26)11-18(27)24-14-9-12(21)8-13(22)10-14/h2-5,8-10,16H,6-7,11H2,1H3,(H,23,28)(H,24,27)(H,25,30)/t16-/m1/s1. The Morgan fingerprint density at radius 2 is 1.93 bits per heavy atom. The first kappa shape index (κ1) is 22.1. The molecule has 2 aromatic rings. The average Bonchev–Trinajstić information content (AvgIpc) is 2.69. The fourth-order valence-corrected chi connectivity index (χ4v) is 3.96. The van der Waals surface area contributed by atoms with Gasteiger partial charge >= 0.3 is 0 Å². The van der Waals surface area contributed by atoms with Gasteiger partial charge in [0.1, 0.15) is 11.8 Å². The Balaban J connectivity index is 1.71. The van der Waals surface area contributed by atoms with Crippen LogP contribution in [-0.4, -0.2) is 48.1 Å². The van der Waals surface area contributed by atoms with Gasteiger partial charge in [-0.3, -0.25) is 9.59 Å². The van der Waals surface area contributed by atoms with Gasteiger partial charge in [0, 0.05) is 28.8 Å². The number of carbonyl (C=O) groups is 2. The van der Waals surface area contributed by atoms with Gasteiger partial charge in [0.15, 0.2) is 5.11 Å². The van der Waals surface area contributed by atoms with Crippen LogP contribution in [0.2, 0.25) is 10.0 Å². The minimum absolute atomic E-state index is 0.0935. The van der Waals surface area contributed by atoms with E-state index in [2.05, 4.69) is 16.0 Å². The smallest absolute Gasteiger partial charge is 0.243 e. The van der Waals surface area contributed by atoms with Crippen LogP contribution in [0.25, 0.3) is 0 Å². The van der Waals surface area contributed by atoms with Crippen LogP contribution >= 0.6 is 35.4 Å². The first-order valence-corrected chi connectivity index (χ1v) is 10.3. The molecule has 1 aliphatic heterocycles. The number of thiocarbonyl (C=S) groups is 1. The Morgan fingerprint density at radius 3 is 2.63 bits per heavy atom. The molecule has 0 unspecified atom stereocenters. The summed E-state index contributed by atoms with van der Waals surface area (Å²) in [7, 11) is 1.56. The number of anilines is 2. The zero-order chi connectivity index (χ0) is 21.7. The third kappa shape index (κ3) is 5.53. The predicted molar refractivity (Wildman–Crippen MR) is 122 cm³/mol. The minimum atomic E-state index is -0.761. The van der Waals surface area contributed by atoms with Gasteiger partial charge in [0.2, 0.25) is 11.8 Å². The number of amides is 2. The molecule has 158 valence electrons. The van der Waals surface area contributed by atoms with E-state index in [4.69, 9.17) is 40.2 Å². The fourth-order valence-electron chi connectivity index (χ4n) is 3.11. The van der Waals surface area contributed by atoms with Crippen LogP contribution < -0.4 is 20.7 Å². The number of halogens is 2. The lowest BCUT2D eigenvalue weighted by Gasteiger charge is -2.36. The number of nitrogens with zero attached hydrogens (tertiary/aromatic N) is 1. The molecule has 0 aromatic heterocycles. The first-order valence-electron chi connectivity index (χ1n) is 9.11. The molecule has 0 radical (unpaired) electrons. The van der Waals surface area contributed by atoms with Gasteiger partial charge in [-0.15, -0.1) is 0 Å². The van der Waals surface area contributed by atoms with Gasteiger partial charge < -0.3 is 25.6 Å². The topological polar surface area (TPSA) is 82.7 Å². The van der Waals surface area contributed by atoms with Crippen molar-refractivity contribution >= 4 is 63.7 Å². The van der Waals surface area contributed by atoms with Gasteiger partial charge in [-0.05, 0) is 42.5 Å². The average molecular weight is 467 g/mol. The highest BCUT2D eigenvalue weighted by atomic mass is 35.5. The van der Waals surface area contributed by atoms with Crippen LogP contribution in [0.4, 0.5) is 11.4 Å². The Kier molecular flexibility index (Phi) is 7.36. The third-order valence-electron chi connectivity index (χ3n) is 4.47. The number of hydrogen-bond acceptors (Lipinski definition) is 4. The molecule has 0 saturated carbocycles. The van der Waals surface area contributed by atoms with Crippen molar-refractivity contribution < 1.29 is 14.3 Å². The first-order chi connectivity index (χ1) is 14.4. The van der Waals surface area contributed by atoms with Gasteiger partial charge in [0.05, 0.1) is 19.2 Å². The third-order valence-corrected chi connectivity index (χ3v) is 5.24. The monoisotopic (exact) mass is 466 g/mol. The summed E-state index contributed by atoms with van der Waals surface area (Å²) >= 11 is 17.5. The second-order valence-corrected chi connectivity index (χ2v) is 7.80. The summed E-state index contributed by atoms with van der Waals surface area (Å²) in [6.07, 6.45) is -0.0935. The number of rotatable bonds is 5. The maximum absolute atomic E-state index is 12.6. The number of ether oxygens (including phenoxy) is 1. The van der Waals surface area contributed by atoms with Crippen molar-refractivity contribution in [3.05, 3.63) is 52.5 Å². The van der Waals surface area contributed by atoms with Crippen molar-refractivity contribution in [3.63, 3.8) is 0 Å². The van der Waals surface area contributed by atoms with Gasteiger partial charge in [0.25, 0.3) is 0 Å². The van der Waals surface area contributed by atoms with Crippen LogP contribution in [-0.2, 0) is 9.59 Å². The Morgan fingerprint density at radius 1 is 1.23 bits per heavy atom. The summed E-state index contributed by atoms with van der Waals surface area (Å²) in [5, 5.41) is 9.73. The van der Waals surface area contributed by atoms with Crippen LogP contribution in [0.1, 0.15) is 6.42 Å². The van der Waals surface area contributed by atoms with Crippen molar-refractivity contribution in [1.82, 2.24) is 10.2 Å². The molecular weight excluding hydrogens is 447 g/mol. The molecule has 2 aromatic carbocycles. The summed E-state index contributed by atoms with van der Waals surface area (Å²) in [5.41, 5.74) is 1.13. The van der Waals surface area contributed by atoms with E-state index in [9.17, 15) is 9.59 Å². The van der Waals surface area contributed by atoms with Gasteiger partial charge in [-0.1, -0.05) is 35.3 Å². The largest absolute Gasteiger partial charge is 0.495 e. The molecule has 10 heteroatoms. The van der Waals surface area contributed by atoms with Gasteiger partial charge in [-0.2, -0.15) is 0 Å². The second-order valence-electron chi connectivity index (χ2n) is 6.54. The number of carbonyl (C=O) groups excluding carboxylic acids is 2. The lowest BCUT2D eigenvalue weighted by molar-refractivity contribution is -0.130. The molecule has 1 aliphatic rings. The molecule has 0 bridgehead atoms. The maximum Gasteiger partial charge on any atom is 0.243 e. The van der Waals surface area contributed by atoms with E-state index < -0.39 is 6.04 Å². The molecule has 1 atom stereocenters. The predicted octanol–water partition coefficient (Wildman–Crippen LogP) is 3.53. The van der Waals surface area contributed by atoms with Crippen molar-refractivity contribution in [1.29, 1.82) is 0 Å². The van der Waals surface area contributed by atoms with Crippen molar-refractivity contribution in [3.8, 4) is 5.75 Å². The molecule has 2 amide bonds. The van der Waals surface area contributed by atoms with Gasteiger partial charge in [-0.25, -0.2) is 0 Å². The summed E-state index contributed by atoms with van der Waals surface area (Å²) in [6.45, 7) is 0.891. The zero-order valence-electron chi connectivity index (χ0n) is 16.1. The van der Waals surface area contributed by atoms with Crippen molar-refractivity contribution in [2.45, 2.75) is 12.5 Å². The highest BCUT2D eigenvalue weighted by molar-refractivity contribution is 7.80. The van der Waals surface area contributed by atoms with E-state index in [1.807, 2.05) is 18.2 Å². The van der Waals surface area contributed by atoms with E-state index in [0.717, 1.165) is 0 Å². The lowest BCUT2D eigenvalue weighted by Crippen LogP contribution is -2.58. The second kappa shape index (κ2) is 9.97. The fraction of sp³-hybridized carbons (Fsp3) is 0.250. The molecule has 3 N–H and O–H groups in total. The lowest BCUT2D eigenvalue weighted by atomic mass is 10.1. The van der Waals surface area contributed by atoms with E-state index in [0.29, 0.717) is 45.4 Å². The maximum atomic E-state index is 12.6. The number of piperazine rings is 1. The molecular formula is C20H20Cl2N4O3S. The van der Waals surface area contributed by atoms with E-state index in [-0.39, 0.29) is 18.2 Å². The Labute approximate surface area is 189 Å². The number of nitrogens with one attached hydrogen (secondary N) is 3. The van der Waals surface area contributed by atoms with Crippen LogP contribution in [0.15, 0.2) is 42.5 Å². The summed E-state index contributed by atoms with van der Waals surface area (Å²) in [5.74, 6) is -0.0152. The van der Waals surface area contributed by atoms with Crippen molar-refractivity contribution in [2.75, 3.05) is 30.8 Å². The molecule has 0 aliphatic carbocycles. The highest BCUT2D eigenvalue weighted by Gasteiger charge is 2.33. The number of methoxy groups -OCH3 is 1. The van der Waals surface area contributed by atoms with Crippen LogP contribution in [0.3, 0.4) is 0 Å². The summed E-state index contributed by atoms with van der Waals surface area (Å²) in [6, 6.07) is 11.3. The SMILES string of the molecule is COc1ccccc1NC(=S)N1CCNC(=O)[C@H]1CC(=O)Nc1cc(Cl)cc(Cl)c1. The Hall–Kier alpha value is -2.55. The zero-order valence-corrected chi connectivity index (χ0v) is 18.4. The Bertz CT molecular complexity index is 953. The molecule has 0 spiro atoms. The highest BCUT2D eigenvalue weighted by Crippen LogP contribution is 2.25. The van der Waals surface area contributed by atoms with Crippen LogP contribution in [0, 0.1) is 0 Å². The number of para-hydroxylation sites is 2. The molecule has 1 fully saturated rings. The van der Waals surface area contributed by atoms with E-state index in [1.54, 1.807) is 36.3 Å². The number of hydrogen-bond donors (Lipinski definition) is 3. The molecule has 1 saturated heterocycles. The molecule has 7 nitrogen and oxygen atoms in total. The molecule has 1 heterocycles. The molecule has 30 heavy (non-hydrogen) atoms. The summed E-state index contributed by atoms with van der Waals surface area (Å²) in [4.78, 5) is 26.8. The van der Waals surface area contributed by atoms with Crippen molar-refractivity contribution in [2.24, 2.45) is 0 Å². The quantitative estimate of drug-likeness (QED) is 0.584. The van der Waals surface area contributed by atoms with E-state index in [1.165, 1.54) is 0 Å². The van der Waals surface area contributed by atoms with E-state index >= 15 is 0 Å². The molecule has 3 rings (SSSR count). The normalized spacial score (nSPS) is 15.9.